The summed E-state index contributed by atoms with van der Waals surface area (Å²) in [7, 11) is 1.74. The van der Waals surface area contributed by atoms with Crippen molar-refractivity contribution in [2.24, 2.45) is 5.73 Å². The van der Waals surface area contributed by atoms with Gasteiger partial charge in [0, 0.05) is 37.6 Å². The molecule has 0 saturated heterocycles. The lowest BCUT2D eigenvalue weighted by molar-refractivity contribution is -0.116. The Hall–Kier alpha value is -1.69. The molecule has 1 aromatic heterocycles. The minimum absolute atomic E-state index is 0.125. The van der Waals surface area contributed by atoms with Gasteiger partial charge in [-0.05, 0) is 12.8 Å². The first-order valence-corrected chi connectivity index (χ1v) is 5.69. The van der Waals surface area contributed by atoms with Gasteiger partial charge >= 0.3 is 0 Å². The highest BCUT2D eigenvalue weighted by Crippen LogP contribution is 2.19. The second kappa shape index (κ2) is 5.09. The van der Waals surface area contributed by atoms with Crippen molar-refractivity contribution < 1.29 is 4.79 Å². The number of hydrogen-bond acceptors (Lipinski definition) is 5. The van der Waals surface area contributed by atoms with Crippen molar-refractivity contribution in [2.45, 2.75) is 25.4 Å². The second-order valence-electron chi connectivity index (χ2n) is 4.37. The molecule has 1 fully saturated rings. The molecule has 1 aliphatic carbocycles. The molecule has 0 aliphatic heterocycles. The van der Waals surface area contributed by atoms with E-state index in [9.17, 15) is 4.79 Å². The van der Waals surface area contributed by atoms with Crippen LogP contribution in [0, 0.1) is 0 Å². The zero-order valence-corrected chi connectivity index (χ0v) is 9.89. The number of anilines is 1. The highest BCUT2D eigenvalue weighted by molar-refractivity contribution is 5.78. The predicted molar refractivity (Wildman–Crippen MR) is 64.4 cm³/mol. The average Bonchev–Trinajstić information content (AvgIpc) is 3.10. The van der Waals surface area contributed by atoms with Crippen LogP contribution in [0.25, 0.3) is 0 Å². The number of carbonyl (C=O) groups excluding carboxylic acids is 1. The van der Waals surface area contributed by atoms with Crippen molar-refractivity contribution in [1.29, 1.82) is 0 Å². The van der Waals surface area contributed by atoms with Crippen LogP contribution in [0.15, 0.2) is 12.4 Å². The molecule has 1 saturated carbocycles. The van der Waals surface area contributed by atoms with Crippen LogP contribution in [0.3, 0.4) is 0 Å². The number of hydrogen-bond donors (Lipinski definition) is 2. The third-order valence-electron chi connectivity index (χ3n) is 2.60. The maximum Gasteiger partial charge on any atom is 0.237 e. The quantitative estimate of drug-likeness (QED) is 0.704. The molecular formula is C11H17N5O. The van der Waals surface area contributed by atoms with Crippen LogP contribution in [-0.2, 0) is 11.3 Å². The first kappa shape index (κ1) is 11.8. The van der Waals surface area contributed by atoms with Crippen molar-refractivity contribution in [3.8, 4) is 0 Å². The molecular weight excluding hydrogens is 218 g/mol. The molecule has 1 heterocycles. The summed E-state index contributed by atoms with van der Waals surface area (Å²) in [6.07, 6.45) is 6.07. The summed E-state index contributed by atoms with van der Waals surface area (Å²) in [6, 6.07) is 0.673. The van der Waals surface area contributed by atoms with E-state index < -0.39 is 5.91 Å². The van der Waals surface area contributed by atoms with Gasteiger partial charge in [0.15, 0.2) is 0 Å². The number of rotatable bonds is 6. The fourth-order valence-electron chi connectivity index (χ4n) is 1.49. The molecule has 3 N–H and O–H groups in total. The van der Waals surface area contributed by atoms with E-state index in [1.54, 1.807) is 24.3 Å². The van der Waals surface area contributed by atoms with E-state index in [0.29, 0.717) is 12.0 Å². The molecule has 0 unspecified atom stereocenters. The number of amides is 1. The van der Waals surface area contributed by atoms with E-state index in [1.165, 1.54) is 12.8 Å². The first-order chi connectivity index (χ1) is 8.15. The third-order valence-corrected chi connectivity index (χ3v) is 2.60. The van der Waals surface area contributed by atoms with Gasteiger partial charge in [0.1, 0.15) is 0 Å². The Morgan fingerprint density at radius 1 is 1.53 bits per heavy atom. The largest absolute Gasteiger partial charge is 0.368 e. The Kier molecular flexibility index (Phi) is 3.53. The van der Waals surface area contributed by atoms with Crippen molar-refractivity contribution in [1.82, 2.24) is 15.3 Å². The van der Waals surface area contributed by atoms with E-state index in [0.717, 1.165) is 12.1 Å². The highest BCUT2D eigenvalue weighted by atomic mass is 16.1. The van der Waals surface area contributed by atoms with Crippen LogP contribution in [0.5, 0.6) is 0 Å². The van der Waals surface area contributed by atoms with Gasteiger partial charge < -0.3 is 16.0 Å². The number of carbonyl (C=O) groups is 1. The van der Waals surface area contributed by atoms with Crippen LogP contribution < -0.4 is 16.0 Å². The Balaban J connectivity index is 1.89. The fraction of sp³-hybridized carbons (Fsp3) is 0.545. The Morgan fingerprint density at radius 2 is 2.18 bits per heavy atom. The maximum absolute atomic E-state index is 10.7. The number of nitrogens with two attached hydrogens (primary N) is 1. The normalized spacial score (nSPS) is 14.6. The number of aromatic nitrogens is 2. The smallest absolute Gasteiger partial charge is 0.237 e. The van der Waals surface area contributed by atoms with Gasteiger partial charge in [0.2, 0.25) is 11.9 Å². The Bertz CT molecular complexity index is 387. The lowest BCUT2D eigenvalue weighted by Gasteiger charge is -2.14. The fourth-order valence-corrected chi connectivity index (χ4v) is 1.49. The SMILES string of the molecule is CN(CC(N)=O)c1ncc(CNC2CC2)cn1. The number of likely N-dealkylation sites (N-methyl/N-ethyl adjacent to an activating group) is 1. The summed E-state index contributed by atoms with van der Waals surface area (Å²) >= 11 is 0. The molecule has 6 nitrogen and oxygen atoms in total. The Morgan fingerprint density at radius 3 is 2.71 bits per heavy atom. The Labute approximate surface area is 100 Å². The molecule has 1 amide bonds. The lowest BCUT2D eigenvalue weighted by Crippen LogP contribution is -2.31. The first-order valence-electron chi connectivity index (χ1n) is 5.69. The topological polar surface area (TPSA) is 84.1 Å². The third kappa shape index (κ3) is 3.67. The molecule has 0 atom stereocenters. The number of nitrogens with zero attached hydrogens (tertiary/aromatic N) is 3. The van der Waals surface area contributed by atoms with Crippen LogP contribution in [0.4, 0.5) is 5.95 Å². The molecule has 0 aromatic carbocycles. The van der Waals surface area contributed by atoms with Gasteiger partial charge in [-0.25, -0.2) is 9.97 Å². The molecule has 0 radical (unpaired) electrons. The summed E-state index contributed by atoms with van der Waals surface area (Å²) < 4.78 is 0. The van der Waals surface area contributed by atoms with E-state index >= 15 is 0 Å². The highest BCUT2D eigenvalue weighted by Gasteiger charge is 2.20. The summed E-state index contributed by atoms with van der Waals surface area (Å²) in [5.74, 6) is 0.120. The maximum atomic E-state index is 10.7. The molecule has 1 aromatic rings. The predicted octanol–water partition coefficient (Wildman–Crippen LogP) is -0.350. The van der Waals surface area contributed by atoms with Gasteiger partial charge in [0.05, 0.1) is 6.54 Å². The summed E-state index contributed by atoms with van der Waals surface area (Å²) in [5.41, 5.74) is 6.15. The van der Waals surface area contributed by atoms with Gasteiger partial charge in [-0.15, -0.1) is 0 Å². The van der Waals surface area contributed by atoms with Gasteiger partial charge in [-0.2, -0.15) is 0 Å². The molecule has 92 valence electrons. The lowest BCUT2D eigenvalue weighted by atomic mass is 10.3. The summed E-state index contributed by atoms with van der Waals surface area (Å²) in [6.45, 7) is 0.921. The van der Waals surface area contributed by atoms with E-state index in [2.05, 4.69) is 15.3 Å². The minimum atomic E-state index is -0.393. The zero-order valence-electron chi connectivity index (χ0n) is 9.89. The average molecular weight is 235 g/mol. The minimum Gasteiger partial charge on any atom is -0.368 e. The van der Waals surface area contributed by atoms with Crippen LogP contribution in [-0.4, -0.2) is 35.5 Å². The molecule has 0 spiro atoms. The van der Waals surface area contributed by atoms with E-state index in [4.69, 9.17) is 5.73 Å². The van der Waals surface area contributed by atoms with Gasteiger partial charge in [-0.3, -0.25) is 4.79 Å². The van der Waals surface area contributed by atoms with Crippen LogP contribution >= 0.6 is 0 Å². The molecule has 1 aliphatic rings. The monoisotopic (exact) mass is 235 g/mol. The molecule has 0 bridgehead atoms. The second-order valence-corrected chi connectivity index (χ2v) is 4.37. The van der Waals surface area contributed by atoms with E-state index in [1.807, 2.05) is 0 Å². The van der Waals surface area contributed by atoms with Crippen LogP contribution in [0.1, 0.15) is 18.4 Å². The van der Waals surface area contributed by atoms with Crippen LogP contribution in [0.2, 0.25) is 0 Å². The van der Waals surface area contributed by atoms with Crippen molar-refractivity contribution in [3.05, 3.63) is 18.0 Å². The number of primary amides is 1. The van der Waals surface area contributed by atoms with Crippen molar-refractivity contribution >= 4 is 11.9 Å². The van der Waals surface area contributed by atoms with Gasteiger partial charge in [-0.1, -0.05) is 0 Å². The number of nitrogens with one attached hydrogen (secondary N) is 1. The van der Waals surface area contributed by atoms with E-state index in [-0.39, 0.29) is 6.54 Å². The zero-order chi connectivity index (χ0) is 12.3. The molecule has 17 heavy (non-hydrogen) atoms. The summed E-state index contributed by atoms with van der Waals surface area (Å²) in [5, 5.41) is 3.39. The standard InChI is InChI=1S/C11H17N5O/c1-16(7-10(12)17)11-14-5-8(6-15-11)4-13-9-2-3-9/h5-6,9,13H,2-4,7H2,1H3,(H2,12,17). The molecule has 2 rings (SSSR count). The van der Waals surface area contributed by atoms with Crippen molar-refractivity contribution in [2.75, 3.05) is 18.5 Å². The summed E-state index contributed by atoms with van der Waals surface area (Å²) in [4.78, 5) is 20.8. The van der Waals surface area contributed by atoms with Gasteiger partial charge in [0.25, 0.3) is 0 Å². The van der Waals surface area contributed by atoms with Crippen molar-refractivity contribution in [3.63, 3.8) is 0 Å². The molecule has 6 heteroatoms.